The Hall–Kier alpha value is -3.09. The average Bonchev–Trinajstić information content (AvgIpc) is 3.20. The predicted octanol–water partition coefficient (Wildman–Crippen LogP) is 5.53. The van der Waals surface area contributed by atoms with E-state index in [1.807, 2.05) is 53.9 Å². The van der Waals surface area contributed by atoms with Crippen LogP contribution in [0.4, 0.5) is 0 Å². The quantitative estimate of drug-likeness (QED) is 0.212. The maximum Gasteiger partial charge on any atom is 0.341 e. The van der Waals surface area contributed by atoms with Crippen LogP contribution in [0.3, 0.4) is 0 Å². The number of thiophene rings is 1. The van der Waals surface area contributed by atoms with Crippen molar-refractivity contribution < 1.29 is 19.1 Å². The van der Waals surface area contributed by atoms with Crippen LogP contribution in [0.15, 0.2) is 66.2 Å². The molecule has 2 aromatic carbocycles. The molecule has 1 aromatic heterocycles. The summed E-state index contributed by atoms with van der Waals surface area (Å²) in [6, 6.07) is 16.1. The number of nitrogens with one attached hydrogen (secondary N) is 1. The van der Waals surface area contributed by atoms with E-state index >= 15 is 0 Å². The topological polar surface area (TPSA) is 56.8 Å². The molecule has 0 aliphatic heterocycles. The van der Waals surface area contributed by atoms with Crippen molar-refractivity contribution in [1.82, 2.24) is 5.48 Å². The fourth-order valence-electron chi connectivity index (χ4n) is 3.06. The number of methoxy groups -OCH3 is 2. The first-order chi connectivity index (χ1) is 14.7. The van der Waals surface area contributed by atoms with E-state index in [2.05, 4.69) is 18.5 Å². The number of hydroxylamine groups is 1. The molecule has 3 rings (SSSR count). The molecule has 0 unspecified atom stereocenters. The van der Waals surface area contributed by atoms with Gasteiger partial charge in [0.1, 0.15) is 5.57 Å². The van der Waals surface area contributed by atoms with Crippen molar-refractivity contribution in [3.63, 3.8) is 0 Å². The van der Waals surface area contributed by atoms with Gasteiger partial charge in [0, 0.05) is 21.0 Å². The van der Waals surface area contributed by atoms with Gasteiger partial charge in [0.25, 0.3) is 0 Å². The van der Waals surface area contributed by atoms with Crippen LogP contribution in [0.1, 0.15) is 30.0 Å². The summed E-state index contributed by atoms with van der Waals surface area (Å²) in [5.74, 6) is -0.433. The summed E-state index contributed by atoms with van der Waals surface area (Å²) in [5.41, 5.74) is 7.24. The van der Waals surface area contributed by atoms with E-state index in [-0.39, 0.29) is 0 Å². The van der Waals surface area contributed by atoms with Gasteiger partial charge in [0.05, 0.1) is 32.8 Å². The summed E-state index contributed by atoms with van der Waals surface area (Å²) in [4.78, 5) is 18.0. The SMILES string of the molecule is CCC=C(NOCc1ccc2scc(C(=COC)C(=O)OC)c2c1)c1ccccc1. The standard InChI is InChI=1S/C24H25NO4S/c1-4-8-22(18-9-6-5-7-10-18)25-29-14-17-11-12-23-19(13-17)21(16-30-23)20(15-27-2)24(26)28-3/h5-13,15-16,25H,4,14H2,1-3H3. The van der Waals surface area contributed by atoms with Crippen LogP contribution >= 0.6 is 11.3 Å². The van der Waals surface area contributed by atoms with E-state index in [9.17, 15) is 4.79 Å². The van der Waals surface area contributed by atoms with Gasteiger partial charge in [-0.05, 0) is 29.7 Å². The Morgan fingerprint density at radius 1 is 1.13 bits per heavy atom. The van der Waals surface area contributed by atoms with Crippen LogP contribution in [0, 0.1) is 0 Å². The van der Waals surface area contributed by atoms with Gasteiger partial charge in [-0.1, -0.05) is 49.4 Å². The number of hydrogen-bond acceptors (Lipinski definition) is 6. The predicted molar refractivity (Wildman–Crippen MR) is 121 cm³/mol. The Kier molecular flexibility index (Phi) is 7.65. The molecule has 3 aromatic rings. The van der Waals surface area contributed by atoms with E-state index in [1.54, 1.807) is 11.3 Å². The third kappa shape index (κ3) is 5.09. The van der Waals surface area contributed by atoms with Gasteiger partial charge in [0.15, 0.2) is 0 Å². The number of fused-ring (bicyclic) bond motifs is 1. The lowest BCUT2D eigenvalue weighted by molar-refractivity contribution is -0.133. The average molecular weight is 424 g/mol. The number of benzene rings is 2. The van der Waals surface area contributed by atoms with Crippen molar-refractivity contribution in [2.75, 3.05) is 14.2 Å². The van der Waals surface area contributed by atoms with Crippen molar-refractivity contribution in [2.45, 2.75) is 20.0 Å². The van der Waals surface area contributed by atoms with Crippen molar-refractivity contribution in [1.29, 1.82) is 0 Å². The van der Waals surface area contributed by atoms with Crippen molar-refractivity contribution in [3.8, 4) is 0 Å². The number of carbonyl (C=O) groups excluding carboxylic acids is 1. The summed E-state index contributed by atoms with van der Waals surface area (Å²) in [6.07, 6.45) is 4.40. The maximum absolute atomic E-state index is 12.2. The van der Waals surface area contributed by atoms with Gasteiger partial charge < -0.3 is 9.47 Å². The van der Waals surface area contributed by atoms with E-state index in [0.717, 1.165) is 38.9 Å². The summed E-state index contributed by atoms with van der Waals surface area (Å²) in [6.45, 7) is 2.46. The van der Waals surface area contributed by atoms with Crippen LogP contribution in [0.2, 0.25) is 0 Å². The van der Waals surface area contributed by atoms with Gasteiger partial charge in [0.2, 0.25) is 0 Å². The number of rotatable bonds is 9. The smallest absolute Gasteiger partial charge is 0.341 e. The highest BCUT2D eigenvalue weighted by Crippen LogP contribution is 2.32. The van der Waals surface area contributed by atoms with Crippen LogP contribution in [0.5, 0.6) is 0 Å². The van der Waals surface area contributed by atoms with Gasteiger partial charge in [-0.15, -0.1) is 11.3 Å². The van der Waals surface area contributed by atoms with Crippen LogP contribution in [0.25, 0.3) is 21.4 Å². The van der Waals surface area contributed by atoms with Gasteiger partial charge in [-0.3, -0.25) is 10.3 Å². The van der Waals surface area contributed by atoms with Crippen LogP contribution in [-0.4, -0.2) is 20.2 Å². The summed E-state index contributed by atoms with van der Waals surface area (Å²) < 4.78 is 11.1. The van der Waals surface area contributed by atoms with Crippen molar-refractivity contribution >= 4 is 38.7 Å². The van der Waals surface area contributed by atoms with E-state index < -0.39 is 5.97 Å². The Balaban J connectivity index is 1.78. The van der Waals surface area contributed by atoms with E-state index in [1.165, 1.54) is 20.5 Å². The molecular formula is C24H25NO4S. The molecule has 0 fully saturated rings. The fraction of sp³-hybridized carbons (Fsp3) is 0.208. The first kappa shape index (κ1) is 21.6. The lowest BCUT2D eigenvalue weighted by atomic mass is 10.0. The number of allylic oxidation sites excluding steroid dienone is 1. The second-order valence-corrected chi connectivity index (χ2v) is 7.43. The number of hydrogen-bond donors (Lipinski definition) is 1. The highest BCUT2D eigenvalue weighted by Gasteiger charge is 2.17. The third-order valence-electron chi connectivity index (χ3n) is 4.48. The summed E-state index contributed by atoms with van der Waals surface area (Å²) in [5, 5.41) is 2.90. The minimum absolute atomic E-state index is 0.376. The highest BCUT2D eigenvalue weighted by molar-refractivity contribution is 7.17. The molecule has 0 spiro atoms. The summed E-state index contributed by atoms with van der Waals surface area (Å²) >= 11 is 1.57. The largest absolute Gasteiger partial charge is 0.503 e. The first-order valence-corrected chi connectivity index (χ1v) is 10.5. The Morgan fingerprint density at radius 3 is 2.63 bits per heavy atom. The van der Waals surface area contributed by atoms with Gasteiger partial charge in [-0.25, -0.2) is 4.79 Å². The minimum Gasteiger partial charge on any atom is -0.503 e. The molecule has 1 N–H and O–H groups in total. The van der Waals surface area contributed by atoms with Crippen LogP contribution < -0.4 is 5.48 Å². The molecule has 0 amide bonds. The second kappa shape index (κ2) is 10.6. The molecule has 6 heteroatoms. The molecule has 0 saturated heterocycles. The molecule has 0 bridgehead atoms. The van der Waals surface area contributed by atoms with Crippen molar-refractivity contribution in [3.05, 3.63) is 82.9 Å². The normalized spacial score (nSPS) is 12.1. The number of ether oxygens (including phenoxy) is 2. The minimum atomic E-state index is -0.433. The van der Waals surface area contributed by atoms with Crippen LogP contribution in [-0.2, 0) is 25.7 Å². The molecule has 5 nitrogen and oxygen atoms in total. The zero-order valence-electron chi connectivity index (χ0n) is 17.3. The first-order valence-electron chi connectivity index (χ1n) is 9.63. The molecule has 0 saturated carbocycles. The molecule has 0 aliphatic rings. The zero-order chi connectivity index (χ0) is 21.3. The molecule has 0 radical (unpaired) electrons. The van der Waals surface area contributed by atoms with Crippen molar-refractivity contribution in [2.24, 2.45) is 0 Å². The van der Waals surface area contributed by atoms with Gasteiger partial charge >= 0.3 is 5.97 Å². The molecule has 0 aliphatic carbocycles. The monoisotopic (exact) mass is 423 g/mol. The molecular weight excluding hydrogens is 398 g/mol. The molecule has 0 atom stereocenters. The number of esters is 1. The Bertz CT molecular complexity index is 1050. The highest BCUT2D eigenvalue weighted by atomic mass is 32.1. The lowest BCUT2D eigenvalue weighted by Gasteiger charge is -2.12. The van der Waals surface area contributed by atoms with Gasteiger partial charge in [-0.2, -0.15) is 0 Å². The molecule has 156 valence electrons. The number of carbonyl (C=O) groups is 1. The summed E-state index contributed by atoms with van der Waals surface area (Å²) in [7, 11) is 2.87. The second-order valence-electron chi connectivity index (χ2n) is 6.52. The third-order valence-corrected chi connectivity index (χ3v) is 5.45. The fourth-order valence-corrected chi connectivity index (χ4v) is 4.00. The molecule has 1 heterocycles. The zero-order valence-corrected chi connectivity index (χ0v) is 18.1. The lowest BCUT2D eigenvalue weighted by Crippen LogP contribution is -2.13. The van der Waals surface area contributed by atoms with E-state index in [0.29, 0.717) is 12.2 Å². The Labute approximate surface area is 180 Å². The maximum atomic E-state index is 12.2. The molecule has 30 heavy (non-hydrogen) atoms. The Morgan fingerprint density at radius 2 is 1.93 bits per heavy atom. The van der Waals surface area contributed by atoms with E-state index in [4.69, 9.17) is 14.3 Å².